The van der Waals surface area contributed by atoms with Crippen molar-refractivity contribution in [3.63, 3.8) is 0 Å². The topological polar surface area (TPSA) is 55.8 Å². The minimum absolute atomic E-state index is 0.668. The van der Waals surface area contributed by atoms with Gasteiger partial charge < -0.3 is 20.4 Å². The molecule has 0 radical (unpaired) electrons. The van der Waals surface area contributed by atoms with E-state index in [4.69, 9.17) is 4.99 Å². The molecule has 0 amide bonds. The predicted octanol–water partition coefficient (Wildman–Crippen LogP) is 2.78. The van der Waals surface area contributed by atoms with E-state index in [1.807, 2.05) is 6.20 Å². The van der Waals surface area contributed by atoms with E-state index in [0.717, 1.165) is 57.5 Å². The maximum atomic E-state index is 4.79. The first-order chi connectivity index (χ1) is 13.7. The van der Waals surface area contributed by atoms with Crippen molar-refractivity contribution in [3.05, 3.63) is 35.5 Å². The Bertz CT molecular complexity index is 661. The molecule has 0 saturated carbocycles. The Morgan fingerprint density at radius 1 is 1.18 bits per heavy atom. The maximum Gasteiger partial charge on any atom is 0.191 e. The van der Waals surface area contributed by atoms with E-state index < -0.39 is 0 Å². The molecule has 1 fully saturated rings. The molecule has 2 heterocycles. The van der Waals surface area contributed by atoms with Crippen molar-refractivity contribution < 1.29 is 0 Å². The van der Waals surface area contributed by atoms with Crippen molar-refractivity contribution in [1.82, 2.24) is 20.5 Å². The Kier molecular flexibility index (Phi) is 8.15. The minimum atomic E-state index is 0.668. The first kappa shape index (κ1) is 20.6. The number of piperazine rings is 1. The van der Waals surface area contributed by atoms with Crippen molar-refractivity contribution in [3.8, 4) is 0 Å². The van der Waals surface area contributed by atoms with Crippen LogP contribution in [0.15, 0.2) is 35.0 Å². The molecule has 28 heavy (non-hydrogen) atoms. The summed E-state index contributed by atoms with van der Waals surface area (Å²) in [6.07, 6.45) is 10.7. The van der Waals surface area contributed by atoms with Gasteiger partial charge in [0.2, 0.25) is 0 Å². The zero-order chi connectivity index (χ0) is 19.6. The number of anilines is 1. The SMILES string of the molecule is CCNC(=NCc1ccnc(N2CCN(C)CC2)c1)NCCC1=CCCCC1. The molecule has 0 atom stereocenters. The summed E-state index contributed by atoms with van der Waals surface area (Å²) in [7, 11) is 2.18. The molecule has 1 saturated heterocycles. The molecule has 154 valence electrons. The van der Waals surface area contributed by atoms with Crippen molar-refractivity contribution in [2.24, 2.45) is 4.99 Å². The molecule has 1 aromatic heterocycles. The van der Waals surface area contributed by atoms with Crippen LogP contribution in [0.2, 0.25) is 0 Å². The van der Waals surface area contributed by atoms with Crippen molar-refractivity contribution >= 4 is 11.8 Å². The lowest BCUT2D eigenvalue weighted by Crippen LogP contribution is -2.44. The molecule has 0 unspecified atom stereocenters. The number of hydrogen-bond donors (Lipinski definition) is 2. The zero-order valence-electron chi connectivity index (χ0n) is 17.6. The summed E-state index contributed by atoms with van der Waals surface area (Å²) in [4.78, 5) is 14.1. The average molecular weight is 385 g/mol. The van der Waals surface area contributed by atoms with E-state index in [0.29, 0.717) is 6.54 Å². The Labute approximate surface area is 170 Å². The van der Waals surface area contributed by atoms with Crippen LogP contribution >= 0.6 is 0 Å². The fourth-order valence-electron chi connectivity index (χ4n) is 3.75. The molecule has 3 rings (SSSR count). The molecule has 2 aliphatic rings. The summed E-state index contributed by atoms with van der Waals surface area (Å²) in [6.45, 7) is 8.86. The molecule has 6 heteroatoms. The molecule has 0 bridgehead atoms. The monoisotopic (exact) mass is 384 g/mol. The van der Waals surface area contributed by atoms with Crippen LogP contribution in [0.5, 0.6) is 0 Å². The summed E-state index contributed by atoms with van der Waals surface area (Å²) in [5, 5.41) is 6.85. The third kappa shape index (κ3) is 6.51. The van der Waals surface area contributed by atoms with Crippen LogP contribution < -0.4 is 15.5 Å². The van der Waals surface area contributed by atoms with Gasteiger partial charge >= 0.3 is 0 Å². The van der Waals surface area contributed by atoms with E-state index in [9.17, 15) is 0 Å². The first-order valence-corrected chi connectivity index (χ1v) is 10.8. The van der Waals surface area contributed by atoms with E-state index >= 15 is 0 Å². The third-order valence-corrected chi connectivity index (χ3v) is 5.52. The van der Waals surface area contributed by atoms with E-state index in [1.54, 1.807) is 5.57 Å². The second-order valence-corrected chi connectivity index (χ2v) is 7.79. The maximum absolute atomic E-state index is 4.79. The van der Waals surface area contributed by atoms with E-state index in [-0.39, 0.29) is 0 Å². The van der Waals surface area contributed by atoms with Gasteiger partial charge in [0.25, 0.3) is 0 Å². The summed E-state index contributed by atoms with van der Waals surface area (Å²) >= 11 is 0. The Hall–Kier alpha value is -2.08. The number of pyridine rings is 1. The fourth-order valence-corrected chi connectivity index (χ4v) is 3.75. The zero-order valence-corrected chi connectivity index (χ0v) is 17.6. The highest BCUT2D eigenvalue weighted by Crippen LogP contribution is 2.19. The second kappa shape index (κ2) is 11.1. The Morgan fingerprint density at radius 2 is 2.04 bits per heavy atom. The van der Waals surface area contributed by atoms with Crippen molar-refractivity contribution in [1.29, 1.82) is 0 Å². The highest BCUT2D eigenvalue weighted by atomic mass is 15.3. The van der Waals surface area contributed by atoms with Gasteiger partial charge in [0.05, 0.1) is 6.54 Å². The average Bonchev–Trinajstić information content (AvgIpc) is 2.73. The summed E-state index contributed by atoms with van der Waals surface area (Å²) < 4.78 is 0. The number of likely N-dealkylation sites (N-methyl/N-ethyl adjacent to an activating group) is 1. The van der Waals surface area contributed by atoms with Crippen molar-refractivity contribution in [2.75, 3.05) is 51.2 Å². The fraction of sp³-hybridized carbons (Fsp3) is 0.636. The predicted molar refractivity (Wildman–Crippen MR) is 118 cm³/mol. The van der Waals surface area contributed by atoms with E-state index in [1.165, 1.54) is 31.2 Å². The van der Waals surface area contributed by atoms with Gasteiger partial charge in [0.15, 0.2) is 5.96 Å². The van der Waals surface area contributed by atoms with Crippen molar-refractivity contribution in [2.45, 2.75) is 45.6 Å². The van der Waals surface area contributed by atoms with Gasteiger partial charge in [-0.1, -0.05) is 11.6 Å². The van der Waals surface area contributed by atoms with Crippen LogP contribution in [0.25, 0.3) is 0 Å². The van der Waals surface area contributed by atoms with Gasteiger partial charge in [-0.15, -0.1) is 0 Å². The number of aliphatic imine (C=N–C) groups is 1. The Balaban J connectivity index is 1.53. The highest BCUT2D eigenvalue weighted by Gasteiger charge is 2.15. The number of aromatic nitrogens is 1. The lowest BCUT2D eigenvalue weighted by molar-refractivity contribution is 0.312. The quantitative estimate of drug-likeness (QED) is 0.430. The van der Waals surface area contributed by atoms with Gasteiger partial charge in [-0.2, -0.15) is 0 Å². The van der Waals surface area contributed by atoms with Crippen LogP contribution in [-0.4, -0.2) is 62.2 Å². The molecule has 0 spiro atoms. The number of allylic oxidation sites excluding steroid dienone is 1. The summed E-state index contributed by atoms with van der Waals surface area (Å²) in [5.74, 6) is 1.97. The van der Waals surface area contributed by atoms with Crippen LogP contribution in [0, 0.1) is 0 Å². The van der Waals surface area contributed by atoms with Gasteiger partial charge in [-0.25, -0.2) is 9.98 Å². The number of hydrogen-bond acceptors (Lipinski definition) is 4. The van der Waals surface area contributed by atoms with Crippen LogP contribution in [0.1, 0.15) is 44.6 Å². The number of guanidine groups is 1. The van der Waals surface area contributed by atoms with Crippen LogP contribution in [-0.2, 0) is 6.54 Å². The molecule has 1 aliphatic heterocycles. The second-order valence-electron chi connectivity index (χ2n) is 7.79. The molecular weight excluding hydrogens is 348 g/mol. The Morgan fingerprint density at radius 3 is 2.79 bits per heavy atom. The van der Waals surface area contributed by atoms with Gasteiger partial charge in [0.1, 0.15) is 5.82 Å². The third-order valence-electron chi connectivity index (χ3n) is 5.52. The van der Waals surface area contributed by atoms with E-state index in [2.05, 4.69) is 57.6 Å². The molecular formula is C22H36N6. The molecule has 1 aliphatic carbocycles. The number of nitrogens with zero attached hydrogens (tertiary/aromatic N) is 4. The van der Waals surface area contributed by atoms with Crippen LogP contribution in [0.4, 0.5) is 5.82 Å². The first-order valence-electron chi connectivity index (χ1n) is 10.8. The number of nitrogens with one attached hydrogen (secondary N) is 2. The number of rotatable bonds is 7. The van der Waals surface area contributed by atoms with Gasteiger partial charge in [-0.05, 0) is 63.8 Å². The molecule has 2 N–H and O–H groups in total. The largest absolute Gasteiger partial charge is 0.357 e. The van der Waals surface area contributed by atoms with Crippen LogP contribution in [0.3, 0.4) is 0 Å². The standard InChI is InChI=1S/C22H36N6/c1-3-23-22(25-12-9-19-7-5-4-6-8-19)26-18-20-10-11-24-21(17-20)28-15-13-27(2)14-16-28/h7,10-11,17H,3-6,8-9,12-16,18H2,1-2H3,(H2,23,25,26). The molecule has 1 aromatic rings. The normalized spacial score (nSPS) is 18.7. The molecule has 0 aromatic carbocycles. The van der Waals surface area contributed by atoms with Gasteiger partial charge in [-0.3, -0.25) is 0 Å². The summed E-state index contributed by atoms with van der Waals surface area (Å²) in [5.41, 5.74) is 2.80. The summed E-state index contributed by atoms with van der Waals surface area (Å²) in [6, 6.07) is 4.25. The lowest BCUT2D eigenvalue weighted by Gasteiger charge is -2.33. The van der Waals surface area contributed by atoms with Gasteiger partial charge in [0, 0.05) is 45.5 Å². The smallest absolute Gasteiger partial charge is 0.191 e. The molecule has 6 nitrogen and oxygen atoms in total. The highest BCUT2D eigenvalue weighted by molar-refractivity contribution is 5.79. The lowest BCUT2D eigenvalue weighted by atomic mass is 9.97. The minimum Gasteiger partial charge on any atom is -0.357 e.